The molecular weight excluding hydrogens is 369 g/mol. The molecule has 3 N–H and O–H groups in total. The van der Waals surface area contributed by atoms with Crippen LogP contribution in [0.3, 0.4) is 0 Å². The van der Waals surface area contributed by atoms with Crippen LogP contribution < -0.4 is 10.6 Å². The highest BCUT2D eigenvalue weighted by molar-refractivity contribution is 5.97. The van der Waals surface area contributed by atoms with Crippen LogP contribution in [-0.2, 0) is 19.3 Å². The van der Waals surface area contributed by atoms with Gasteiger partial charge < -0.3 is 20.3 Å². The maximum absolute atomic E-state index is 13.9. The van der Waals surface area contributed by atoms with Crippen LogP contribution in [0.15, 0.2) is 30.3 Å². The summed E-state index contributed by atoms with van der Waals surface area (Å²) in [5, 5.41) is 15.9. The van der Waals surface area contributed by atoms with E-state index in [4.69, 9.17) is 0 Å². The highest BCUT2D eigenvalue weighted by Gasteiger charge is 2.36. The zero-order valence-corrected chi connectivity index (χ0v) is 13.8. The molecule has 3 aromatic rings. The van der Waals surface area contributed by atoms with E-state index in [1.165, 1.54) is 10.6 Å². The predicted octanol–water partition coefficient (Wildman–Crippen LogP) is 4.49. The Hall–Kier alpha value is -2.81. The molecule has 1 aliphatic heterocycles. The second-order valence-corrected chi connectivity index (χ2v) is 6.29. The van der Waals surface area contributed by atoms with Crippen molar-refractivity contribution in [3.63, 3.8) is 0 Å². The van der Waals surface area contributed by atoms with Gasteiger partial charge >= 0.3 is 6.18 Å². The van der Waals surface area contributed by atoms with Crippen LogP contribution in [0.4, 0.5) is 33.3 Å². The molecule has 9 heteroatoms. The number of benzene rings is 2. The van der Waals surface area contributed by atoms with Gasteiger partial charge in [0.25, 0.3) is 0 Å². The Morgan fingerprint density at radius 3 is 2.59 bits per heavy atom. The number of alkyl halides is 3. The number of nitrogens with one attached hydrogen (secondary N) is 2. The van der Waals surface area contributed by atoms with E-state index in [1.807, 2.05) is 0 Å². The fraction of sp³-hybridized carbons (Fsp3) is 0.222. The first-order chi connectivity index (χ1) is 12.8. The number of aromatic nitrogens is 1. The van der Waals surface area contributed by atoms with Crippen molar-refractivity contribution in [2.45, 2.75) is 19.3 Å². The van der Waals surface area contributed by atoms with Crippen LogP contribution in [-0.4, -0.2) is 16.2 Å². The van der Waals surface area contributed by atoms with Crippen molar-refractivity contribution >= 4 is 22.1 Å². The minimum absolute atomic E-state index is 0.0145. The molecule has 0 saturated heterocycles. The van der Waals surface area contributed by atoms with E-state index in [1.54, 1.807) is 0 Å². The fourth-order valence-corrected chi connectivity index (χ4v) is 3.39. The molecular formula is C18H14F5N3O. The number of halogens is 5. The third-order valence-electron chi connectivity index (χ3n) is 4.57. The van der Waals surface area contributed by atoms with Gasteiger partial charge in [-0.15, -0.1) is 0 Å². The van der Waals surface area contributed by atoms with E-state index in [0.29, 0.717) is 31.4 Å². The first-order valence-corrected chi connectivity index (χ1v) is 8.14. The summed E-state index contributed by atoms with van der Waals surface area (Å²) in [6.45, 7) is 1.15. The lowest BCUT2D eigenvalue weighted by atomic mass is 10.0. The molecule has 1 aliphatic rings. The standard InChI is InChI=1S/C18H14F5N3O/c19-9-1-2-14(13(20)5-9)25-10-6-11-15-8-24-3-4-26(15)17(27)16(11)12(7-10)18(21,22)23/h1-2,5-7,24-25,27H,3-4,8H2. The first-order valence-electron chi connectivity index (χ1n) is 8.14. The molecule has 0 spiro atoms. The summed E-state index contributed by atoms with van der Waals surface area (Å²) >= 11 is 0. The summed E-state index contributed by atoms with van der Waals surface area (Å²) in [6, 6.07) is 4.98. The summed E-state index contributed by atoms with van der Waals surface area (Å²) in [7, 11) is 0. The molecule has 0 unspecified atom stereocenters. The Morgan fingerprint density at radius 2 is 1.89 bits per heavy atom. The Kier molecular flexibility index (Phi) is 3.99. The Labute approximate surface area is 150 Å². The highest BCUT2D eigenvalue weighted by Crippen LogP contribution is 2.44. The second kappa shape index (κ2) is 6.12. The van der Waals surface area contributed by atoms with Crippen LogP contribution in [0.25, 0.3) is 10.8 Å². The predicted molar refractivity (Wildman–Crippen MR) is 90.0 cm³/mol. The second-order valence-electron chi connectivity index (χ2n) is 6.29. The molecule has 4 rings (SSSR count). The third-order valence-corrected chi connectivity index (χ3v) is 4.57. The average molecular weight is 383 g/mol. The first kappa shape index (κ1) is 17.6. The topological polar surface area (TPSA) is 49.2 Å². The maximum atomic E-state index is 13.9. The van der Waals surface area contributed by atoms with Gasteiger partial charge in [0, 0.05) is 42.5 Å². The molecule has 4 nitrogen and oxygen atoms in total. The van der Waals surface area contributed by atoms with Crippen molar-refractivity contribution in [2.24, 2.45) is 0 Å². The Morgan fingerprint density at radius 1 is 1.11 bits per heavy atom. The van der Waals surface area contributed by atoms with Gasteiger partial charge in [-0.05, 0) is 24.3 Å². The molecule has 0 bridgehead atoms. The monoisotopic (exact) mass is 383 g/mol. The summed E-state index contributed by atoms with van der Waals surface area (Å²) in [5.41, 5.74) is -0.675. The van der Waals surface area contributed by atoms with Gasteiger partial charge in [-0.2, -0.15) is 13.2 Å². The molecule has 27 heavy (non-hydrogen) atoms. The molecule has 0 fully saturated rings. The van der Waals surface area contributed by atoms with Gasteiger partial charge in [-0.25, -0.2) is 8.78 Å². The van der Waals surface area contributed by atoms with Gasteiger partial charge in [-0.1, -0.05) is 0 Å². The van der Waals surface area contributed by atoms with Gasteiger partial charge in [0.05, 0.1) is 16.6 Å². The van der Waals surface area contributed by atoms with Crippen molar-refractivity contribution in [3.8, 4) is 5.88 Å². The van der Waals surface area contributed by atoms with Crippen molar-refractivity contribution in [1.29, 1.82) is 0 Å². The number of hydrogen-bond acceptors (Lipinski definition) is 3. The van der Waals surface area contributed by atoms with Gasteiger partial charge in [0.2, 0.25) is 0 Å². The van der Waals surface area contributed by atoms with Crippen LogP contribution in [0.2, 0.25) is 0 Å². The van der Waals surface area contributed by atoms with E-state index in [2.05, 4.69) is 10.6 Å². The molecule has 0 amide bonds. The normalized spacial score (nSPS) is 14.4. The molecule has 2 aromatic carbocycles. The summed E-state index contributed by atoms with van der Waals surface area (Å²) in [5.74, 6) is -2.15. The van der Waals surface area contributed by atoms with Gasteiger partial charge in [0.15, 0.2) is 5.88 Å². The van der Waals surface area contributed by atoms with Crippen LogP contribution in [0.5, 0.6) is 5.88 Å². The lowest BCUT2D eigenvalue weighted by molar-refractivity contribution is -0.136. The Bertz CT molecular complexity index is 1040. The number of rotatable bonds is 2. The molecule has 0 atom stereocenters. The van der Waals surface area contributed by atoms with E-state index in [0.717, 1.165) is 18.2 Å². The number of hydrogen-bond donors (Lipinski definition) is 3. The van der Waals surface area contributed by atoms with Crippen molar-refractivity contribution in [2.75, 3.05) is 11.9 Å². The van der Waals surface area contributed by atoms with Crippen molar-refractivity contribution < 1.29 is 27.1 Å². The zero-order valence-electron chi connectivity index (χ0n) is 13.8. The average Bonchev–Trinajstić information content (AvgIpc) is 2.89. The van der Waals surface area contributed by atoms with E-state index in [9.17, 15) is 27.1 Å². The van der Waals surface area contributed by atoms with Crippen LogP contribution in [0, 0.1) is 11.6 Å². The third kappa shape index (κ3) is 2.97. The zero-order chi connectivity index (χ0) is 19.3. The fourth-order valence-electron chi connectivity index (χ4n) is 3.39. The largest absolute Gasteiger partial charge is 0.494 e. The quantitative estimate of drug-likeness (QED) is 0.572. The van der Waals surface area contributed by atoms with Crippen LogP contribution in [0.1, 0.15) is 11.3 Å². The number of anilines is 2. The summed E-state index contributed by atoms with van der Waals surface area (Å²) in [4.78, 5) is 0. The number of fused-ring (bicyclic) bond motifs is 3. The minimum atomic E-state index is -4.72. The summed E-state index contributed by atoms with van der Waals surface area (Å²) < 4.78 is 69.3. The van der Waals surface area contributed by atoms with E-state index in [-0.39, 0.29) is 22.1 Å². The van der Waals surface area contributed by atoms with E-state index < -0.39 is 29.3 Å². The number of nitrogens with zero attached hydrogens (tertiary/aromatic N) is 1. The lowest BCUT2D eigenvalue weighted by Gasteiger charge is -2.17. The summed E-state index contributed by atoms with van der Waals surface area (Å²) in [6.07, 6.45) is -4.72. The molecule has 142 valence electrons. The molecule has 0 aliphatic carbocycles. The van der Waals surface area contributed by atoms with E-state index >= 15 is 0 Å². The van der Waals surface area contributed by atoms with Gasteiger partial charge in [0.1, 0.15) is 11.6 Å². The molecule has 0 radical (unpaired) electrons. The molecule has 1 aromatic heterocycles. The maximum Gasteiger partial charge on any atom is 0.417 e. The van der Waals surface area contributed by atoms with Crippen molar-refractivity contribution in [1.82, 2.24) is 9.88 Å². The van der Waals surface area contributed by atoms with Gasteiger partial charge in [-0.3, -0.25) is 0 Å². The lowest BCUT2D eigenvalue weighted by Crippen LogP contribution is -2.27. The molecule has 0 saturated carbocycles. The molecule has 2 heterocycles. The van der Waals surface area contributed by atoms with Crippen LogP contribution >= 0.6 is 0 Å². The Balaban J connectivity index is 1.92. The highest BCUT2D eigenvalue weighted by atomic mass is 19.4. The smallest absolute Gasteiger partial charge is 0.417 e. The number of aromatic hydroxyl groups is 1. The SMILES string of the molecule is Oc1c2c(C(F)(F)F)cc(Nc3ccc(F)cc3F)cc2c2n1CCNC2. The minimum Gasteiger partial charge on any atom is -0.494 e. The van der Waals surface area contributed by atoms with Crippen molar-refractivity contribution in [3.05, 3.63) is 53.2 Å².